The van der Waals surface area contributed by atoms with Gasteiger partial charge in [0.2, 0.25) is 0 Å². The van der Waals surface area contributed by atoms with E-state index in [0.29, 0.717) is 12.0 Å². The molecule has 3 nitrogen and oxygen atoms in total. The monoisotopic (exact) mass is 241 g/mol. The van der Waals surface area contributed by atoms with Crippen molar-refractivity contribution in [3.05, 3.63) is 35.4 Å². The summed E-state index contributed by atoms with van der Waals surface area (Å²) >= 11 is 0. The normalized spacial score (nSPS) is 23.3. The Bertz CT molecular complexity index is 465. The van der Waals surface area contributed by atoms with E-state index in [4.69, 9.17) is 0 Å². The lowest BCUT2D eigenvalue weighted by molar-refractivity contribution is -0.137. The SMILES string of the molecule is CC1(Cc2cccc(C(F)(F)F)c2)C=NN=N1. The van der Waals surface area contributed by atoms with Crippen LogP contribution in [0.5, 0.6) is 0 Å². The van der Waals surface area contributed by atoms with Gasteiger partial charge in [-0.25, -0.2) is 0 Å². The molecule has 2 rings (SSSR count). The van der Waals surface area contributed by atoms with E-state index in [-0.39, 0.29) is 0 Å². The van der Waals surface area contributed by atoms with E-state index in [1.54, 1.807) is 13.0 Å². The molecule has 0 bridgehead atoms. The molecule has 0 amide bonds. The summed E-state index contributed by atoms with van der Waals surface area (Å²) in [6, 6.07) is 5.22. The Balaban J connectivity index is 2.23. The molecule has 17 heavy (non-hydrogen) atoms. The molecule has 1 unspecified atom stereocenters. The molecule has 0 radical (unpaired) electrons. The summed E-state index contributed by atoms with van der Waals surface area (Å²) in [5.41, 5.74) is -0.718. The summed E-state index contributed by atoms with van der Waals surface area (Å²) in [5, 5.41) is 11.0. The van der Waals surface area contributed by atoms with E-state index in [1.165, 1.54) is 12.3 Å². The third kappa shape index (κ3) is 2.69. The maximum Gasteiger partial charge on any atom is 0.416 e. The van der Waals surface area contributed by atoms with Crippen molar-refractivity contribution in [1.29, 1.82) is 0 Å². The topological polar surface area (TPSA) is 37.1 Å². The van der Waals surface area contributed by atoms with Crippen molar-refractivity contribution < 1.29 is 13.2 Å². The lowest BCUT2D eigenvalue weighted by atomic mass is 9.94. The minimum atomic E-state index is -4.32. The molecule has 0 saturated carbocycles. The fraction of sp³-hybridized carbons (Fsp3) is 0.364. The highest BCUT2D eigenvalue weighted by Crippen LogP contribution is 2.30. The van der Waals surface area contributed by atoms with Crippen molar-refractivity contribution in [3.8, 4) is 0 Å². The lowest BCUT2D eigenvalue weighted by Gasteiger charge is -2.15. The van der Waals surface area contributed by atoms with E-state index in [2.05, 4.69) is 15.4 Å². The molecule has 0 spiro atoms. The summed E-state index contributed by atoms with van der Waals surface area (Å²) in [7, 11) is 0. The molecule has 0 aliphatic carbocycles. The summed E-state index contributed by atoms with van der Waals surface area (Å²) in [6.07, 6.45) is -2.43. The van der Waals surface area contributed by atoms with Crippen molar-refractivity contribution in [2.45, 2.75) is 25.1 Å². The van der Waals surface area contributed by atoms with Crippen LogP contribution in [0.2, 0.25) is 0 Å². The zero-order valence-electron chi connectivity index (χ0n) is 9.07. The van der Waals surface area contributed by atoms with E-state index < -0.39 is 17.3 Å². The predicted octanol–water partition coefficient (Wildman–Crippen LogP) is 3.46. The number of hydrogen-bond donors (Lipinski definition) is 0. The van der Waals surface area contributed by atoms with Gasteiger partial charge >= 0.3 is 6.18 Å². The van der Waals surface area contributed by atoms with Crippen LogP contribution in [0, 0.1) is 0 Å². The van der Waals surface area contributed by atoms with Gasteiger partial charge in [-0.1, -0.05) is 18.2 Å². The molecule has 1 heterocycles. The summed E-state index contributed by atoms with van der Waals surface area (Å²) in [5.74, 6) is 0. The Morgan fingerprint density at radius 3 is 2.65 bits per heavy atom. The first kappa shape index (κ1) is 11.8. The zero-order chi connectivity index (χ0) is 12.5. The Kier molecular flexibility index (Phi) is 2.73. The number of rotatable bonds is 2. The highest BCUT2D eigenvalue weighted by Gasteiger charge is 2.31. The molecule has 0 saturated heterocycles. The number of hydrogen-bond acceptors (Lipinski definition) is 3. The van der Waals surface area contributed by atoms with Gasteiger partial charge in [-0.05, 0) is 23.8 Å². The first-order valence-corrected chi connectivity index (χ1v) is 5.02. The van der Waals surface area contributed by atoms with E-state index >= 15 is 0 Å². The van der Waals surface area contributed by atoms with E-state index in [0.717, 1.165) is 12.1 Å². The van der Waals surface area contributed by atoms with Gasteiger partial charge in [0.1, 0.15) is 5.54 Å². The van der Waals surface area contributed by atoms with Gasteiger partial charge in [-0.2, -0.15) is 18.3 Å². The van der Waals surface area contributed by atoms with Crippen molar-refractivity contribution in [1.82, 2.24) is 0 Å². The highest BCUT2D eigenvalue weighted by molar-refractivity contribution is 5.71. The smallest absolute Gasteiger partial charge is 0.166 e. The van der Waals surface area contributed by atoms with Crippen LogP contribution in [0.3, 0.4) is 0 Å². The molecule has 0 N–H and O–H groups in total. The van der Waals surface area contributed by atoms with Gasteiger partial charge in [-0.15, -0.1) is 5.10 Å². The second kappa shape index (κ2) is 3.94. The molecule has 6 heteroatoms. The predicted molar refractivity (Wildman–Crippen MR) is 56.9 cm³/mol. The quantitative estimate of drug-likeness (QED) is 0.760. The number of alkyl halides is 3. The molecule has 1 aromatic rings. The maximum absolute atomic E-state index is 12.5. The zero-order valence-corrected chi connectivity index (χ0v) is 9.07. The molecular weight excluding hydrogens is 231 g/mol. The number of benzene rings is 1. The van der Waals surface area contributed by atoms with Gasteiger partial charge in [0, 0.05) is 6.42 Å². The van der Waals surface area contributed by atoms with Crippen LogP contribution in [0.15, 0.2) is 39.7 Å². The van der Waals surface area contributed by atoms with Gasteiger partial charge in [0.15, 0.2) is 0 Å². The third-order valence-corrected chi connectivity index (χ3v) is 2.48. The lowest BCUT2D eigenvalue weighted by Crippen LogP contribution is -2.24. The number of halogens is 3. The first-order valence-electron chi connectivity index (χ1n) is 5.02. The van der Waals surface area contributed by atoms with Crippen LogP contribution in [-0.4, -0.2) is 11.8 Å². The van der Waals surface area contributed by atoms with Gasteiger partial charge < -0.3 is 0 Å². The molecule has 90 valence electrons. The molecule has 1 aromatic carbocycles. The summed E-state index contributed by atoms with van der Waals surface area (Å²) in [4.78, 5) is 0. The van der Waals surface area contributed by atoms with Crippen LogP contribution >= 0.6 is 0 Å². The standard InChI is InChI=1S/C11H10F3N3/c1-10(7-15-17-16-10)6-8-3-2-4-9(5-8)11(12,13)14/h2-5,7H,6H2,1H3. The Hall–Kier alpha value is -1.72. The number of nitrogens with zero attached hydrogens (tertiary/aromatic N) is 3. The Morgan fingerprint density at radius 1 is 1.29 bits per heavy atom. The highest BCUT2D eigenvalue weighted by atomic mass is 19.4. The molecule has 1 aliphatic rings. The first-order chi connectivity index (χ1) is 7.89. The molecule has 1 atom stereocenters. The van der Waals surface area contributed by atoms with Gasteiger partial charge in [0.25, 0.3) is 0 Å². The molecule has 1 aliphatic heterocycles. The average molecular weight is 241 g/mol. The Labute approximate surface area is 96.1 Å². The second-order valence-electron chi connectivity index (χ2n) is 4.17. The van der Waals surface area contributed by atoms with Crippen LogP contribution in [-0.2, 0) is 12.6 Å². The van der Waals surface area contributed by atoms with E-state index in [1.807, 2.05) is 0 Å². The van der Waals surface area contributed by atoms with Crippen molar-refractivity contribution in [2.24, 2.45) is 15.4 Å². The van der Waals surface area contributed by atoms with Crippen molar-refractivity contribution in [3.63, 3.8) is 0 Å². The molecule has 0 aromatic heterocycles. The molecule has 0 fully saturated rings. The van der Waals surface area contributed by atoms with Crippen LogP contribution in [0.25, 0.3) is 0 Å². The molecular formula is C11H10F3N3. The van der Waals surface area contributed by atoms with Crippen LogP contribution in [0.4, 0.5) is 13.2 Å². The van der Waals surface area contributed by atoms with E-state index in [9.17, 15) is 13.2 Å². The van der Waals surface area contributed by atoms with Crippen molar-refractivity contribution >= 4 is 6.21 Å². The average Bonchev–Trinajstić information content (AvgIpc) is 2.64. The Morgan fingerprint density at radius 2 is 2.06 bits per heavy atom. The van der Waals surface area contributed by atoms with Crippen LogP contribution in [0.1, 0.15) is 18.1 Å². The fourth-order valence-electron chi connectivity index (χ4n) is 1.66. The summed E-state index contributed by atoms with van der Waals surface area (Å²) in [6.45, 7) is 1.77. The van der Waals surface area contributed by atoms with Gasteiger partial charge in [0.05, 0.1) is 11.8 Å². The van der Waals surface area contributed by atoms with Crippen LogP contribution < -0.4 is 0 Å². The largest absolute Gasteiger partial charge is 0.416 e. The third-order valence-electron chi connectivity index (χ3n) is 2.48. The minimum absolute atomic E-state index is 0.351. The van der Waals surface area contributed by atoms with Gasteiger partial charge in [-0.3, -0.25) is 0 Å². The fourth-order valence-corrected chi connectivity index (χ4v) is 1.66. The maximum atomic E-state index is 12.5. The minimum Gasteiger partial charge on any atom is -0.166 e. The second-order valence-corrected chi connectivity index (χ2v) is 4.17. The summed E-state index contributed by atoms with van der Waals surface area (Å²) < 4.78 is 37.5. The van der Waals surface area contributed by atoms with Crippen molar-refractivity contribution in [2.75, 3.05) is 0 Å².